The van der Waals surface area contributed by atoms with Gasteiger partial charge in [-0.25, -0.2) is 8.78 Å². The van der Waals surface area contributed by atoms with Crippen LogP contribution in [0.1, 0.15) is 24.5 Å². The van der Waals surface area contributed by atoms with Crippen molar-refractivity contribution in [2.45, 2.75) is 31.3 Å². The largest absolute Gasteiger partial charge is 0.494 e. The smallest absolute Gasteiger partial charge is 0.323 e. The number of carbonyl (C=O) groups excluding carboxylic acids is 1. The van der Waals surface area contributed by atoms with Crippen LogP contribution in [0, 0.1) is 0 Å². The third-order valence-electron chi connectivity index (χ3n) is 5.24. The molecule has 0 spiro atoms. The first-order valence-corrected chi connectivity index (χ1v) is 10.0. The second-order valence-electron chi connectivity index (χ2n) is 7.38. The molecular weight excluding hydrogens is 402 g/mol. The van der Waals surface area contributed by atoms with Gasteiger partial charge in [-0.05, 0) is 54.4 Å². The van der Waals surface area contributed by atoms with Crippen LogP contribution in [0.4, 0.5) is 8.78 Å². The van der Waals surface area contributed by atoms with Gasteiger partial charge in [0.25, 0.3) is 5.92 Å². The number of benzene rings is 3. The fourth-order valence-electron chi connectivity index (χ4n) is 3.54. The fraction of sp³-hybridized carbons (Fsp3) is 0.240. The van der Waals surface area contributed by atoms with Crippen LogP contribution in [0.5, 0.6) is 17.2 Å². The molecular formula is C25H22F2O4. The molecule has 3 aromatic carbocycles. The first kappa shape index (κ1) is 20.8. The summed E-state index contributed by atoms with van der Waals surface area (Å²) in [5, 5.41) is 0. The Kier molecular flexibility index (Phi) is 5.63. The first-order valence-electron chi connectivity index (χ1n) is 10.0. The van der Waals surface area contributed by atoms with Crippen molar-refractivity contribution in [3.63, 3.8) is 0 Å². The van der Waals surface area contributed by atoms with Gasteiger partial charge in [0.1, 0.15) is 23.9 Å². The predicted molar refractivity (Wildman–Crippen MR) is 112 cm³/mol. The van der Waals surface area contributed by atoms with E-state index in [0.29, 0.717) is 29.4 Å². The molecule has 160 valence electrons. The van der Waals surface area contributed by atoms with Crippen LogP contribution >= 0.6 is 0 Å². The van der Waals surface area contributed by atoms with Gasteiger partial charge in [0, 0.05) is 6.42 Å². The molecule has 0 aliphatic heterocycles. The molecule has 6 heteroatoms. The van der Waals surface area contributed by atoms with Crippen LogP contribution < -0.4 is 9.47 Å². The topological polar surface area (TPSA) is 44.8 Å². The second-order valence-corrected chi connectivity index (χ2v) is 7.38. The van der Waals surface area contributed by atoms with Crippen molar-refractivity contribution in [1.82, 2.24) is 0 Å². The van der Waals surface area contributed by atoms with Crippen molar-refractivity contribution in [2.24, 2.45) is 0 Å². The molecule has 1 fully saturated rings. The number of hydrogen-bond donors (Lipinski definition) is 0. The van der Waals surface area contributed by atoms with E-state index >= 15 is 0 Å². The van der Waals surface area contributed by atoms with Gasteiger partial charge in [0.05, 0.1) is 6.61 Å². The van der Waals surface area contributed by atoms with E-state index in [1.807, 2.05) is 37.3 Å². The first-order chi connectivity index (χ1) is 14.9. The molecule has 0 bridgehead atoms. The predicted octanol–water partition coefficient (Wildman–Crippen LogP) is 5.90. The fourth-order valence-corrected chi connectivity index (χ4v) is 3.54. The molecule has 0 radical (unpaired) electrons. The number of ether oxygens (including phenoxy) is 3. The van der Waals surface area contributed by atoms with E-state index in [1.54, 1.807) is 36.4 Å². The molecule has 0 heterocycles. The summed E-state index contributed by atoms with van der Waals surface area (Å²) in [6.45, 7) is 2.18. The summed E-state index contributed by atoms with van der Waals surface area (Å²) < 4.78 is 45.1. The Bertz CT molecular complexity index is 1050. The molecule has 1 aliphatic carbocycles. The maximum absolute atomic E-state index is 14.3. The Morgan fingerprint density at radius 1 is 0.903 bits per heavy atom. The summed E-state index contributed by atoms with van der Waals surface area (Å²) in [5.41, 5.74) is -1.07. The molecule has 1 atom stereocenters. The summed E-state index contributed by atoms with van der Waals surface area (Å²) in [5.74, 6) is -2.28. The molecule has 0 unspecified atom stereocenters. The maximum Gasteiger partial charge on any atom is 0.323 e. The molecule has 31 heavy (non-hydrogen) atoms. The van der Waals surface area contributed by atoms with Crippen molar-refractivity contribution in [2.75, 3.05) is 6.61 Å². The molecule has 1 saturated carbocycles. The van der Waals surface area contributed by atoms with E-state index in [0.717, 1.165) is 0 Å². The zero-order chi connectivity index (χ0) is 21.9. The third-order valence-corrected chi connectivity index (χ3v) is 5.24. The second kappa shape index (κ2) is 8.38. The minimum Gasteiger partial charge on any atom is -0.494 e. The lowest BCUT2D eigenvalue weighted by Crippen LogP contribution is -2.29. The van der Waals surface area contributed by atoms with E-state index in [4.69, 9.17) is 14.2 Å². The normalized spacial score (nSPS) is 18.8. The number of carbonyl (C=O) groups is 1. The van der Waals surface area contributed by atoms with Gasteiger partial charge < -0.3 is 14.2 Å². The van der Waals surface area contributed by atoms with Crippen LogP contribution in [0.25, 0.3) is 0 Å². The summed E-state index contributed by atoms with van der Waals surface area (Å²) in [4.78, 5) is 12.7. The zero-order valence-corrected chi connectivity index (χ0v) is 17.0. The quantitative estimate of drug-likeness (QED) is 0.423. The van der Waals surface area contributed by atoms with E-state index < -0.39 is 23.7 Å². The molecule has 0 N–H and O–H groups in total. The van der Waals surface area contributed by atoms with E-state index in [-0.39, 0.29) is 12.2 Å². The average Bonchev–Trinajstić information content (AvgIpc) is 3.37. The van der Waals surface area contributed by atoms with Crippen LogP contribution in [0.3, 0.4) is 0 Å². The number of rotatable bonds is 8. The summed E-state index contributed by atoms with van der Waals surface area (Å²) in [7, 11) is 0. The summed E-state index contributed by atoms with van der Waals surface area (Å²) in [6, 6.07) is 22.4. The van der Waals surface area contributed by atoms with Crippen molar-refractivity contribution in [3.05, 3.63) is 90.0 Å². The van der Waals surface area contributed by atoms with Gasteiger partial charge in [-0.3, -0.25) is 4.79 Å². The standard InChI is InChI=1S/C25H22F2O4/c1-2-29-20-13-11-19(12-14-20)24(17-25(24,26)27)23(28)30-16-18-7-6-10-22(15-18)31-21-8-4-3-5-9-21/h3-15H,2,16-17H2,1H3/t24-/m0/s1. The zero-order valence-electron chi connectivity index (χ0n) is 17.0. The Morgan fingerprint density at radius 3 is 2.23 bits per heavy atom. The summed E-state index contributed by atoms with van der Waals surface area (Å²) in [6.07, 6.45) is -0.566. The number of alkyl halides is 2. The number of esters is 1. The lowest BCUT2D eigenvalue weighted by atomic mass is 9.95. The number of hydrogen-bond acceptors (Lipinski definition) is 4. The van der Waals surface area contributed by atoms with Crippen LogP contribution in [-0.2, 0) is 21.6 Å². The molecule has 4 rings (SSSR count). The monoisotopic (exact) mass is 424 g/mol. The Hall–Kier alpha value is -3.41. The van der Waals surface area contributed by atoms with Crippen LogP contribution in [-0.4, -0.2) is 18.5 Å². The number of halogens is 2. The molecule has 0 saturated heterocycles. The van der Waals surface area contributed by atoms with Gasteiger partial charge in [0.2, 0.25) is 0 Å². The highest BCUT2D eigenvalue weighted by Gasteiger charge is 2.77. The van der Waals surface area contributed by atoms with E-state index in [2.05, 4.69) is 0 Å². The van der Waals surface area contributed by atoms with Gasteiger partial charge in [0.15, 0.2) is 5.41 Å². The molecule has 4 nitrogen and oxygen atoms in total. The van der Waals surface area contributed by atoms with Gasteiger partial charge in [-0.2, -0.15) is 0 Å². The highest BCUT2D eigenvalue weighted by atomic mass is 19.3. The lowest BCUT2D eigenvalue weighted by molar-refractivity contribution is -0.151. The summed E-state index contributed by atoms with van der Waals surface area (Å²) >= 11 is 0. The minimum absolute atomic E-state index is 0.125. The SMILES string of the molecule is CCOc1ccc([C@]2(C(=O)OCc3cccc(Oc4ccccc4)c3)CC2(F)F)cc1. The van der Waals surface area contributed by atoms with E-state index in [1.165, 1.54) is 12.1 Å². The van der Waals surface area contributed by atoms with Crippen LogP contribution in [0.2, 0.25) is 0 Å². The van der Waals surface area contributed by atoms with Crippen molar-refractivity contribution >= 4 is 5.97 Å². The molecule has 3 aromatic rings. The minimum atomic E-state index is -3.14. The Labute approximate surface area is 179 Å². The highest BCUT2D eigenvalue weighted by Crippen LogP contribution is 2.62. The molecule has 1 aliphatic rings. The lowest BCUT2D eigenvalue weighted by Gasteiger charge is -2.17. The van der Waals surface area contributed by atoms with E-state index in [9.17, 15) is 13.6 Å². The molecule has 0 amide bonds. The average molecular weight is 424 g/mol. The van der Waals surface area contributed by atoms with Crippen LogP contribution in [0.15, 0.2) is 78.9 Å². The van der Waals surface area contributed by atoms with Crippen molar-refractivity contribution in [1.29, 1.82) is 0 Å². The molecule has 0 aromatic heterocycles. The highest BCUT2D eigenvalue weighted by molar-refractivity contribution is 5.89. The van der Waals surface area contributed by atoms with Gasteiger partial charge >= 0.3 is 5.97 Å². The number of para-hydroxylation sites is 1. The van der Waals surface area contributed by atoms with Crippen molar-refractivity contribution in [3.8, 4) is 17.2 Å². The Morgan fingerprint density at radius 2 is 1.58 bits per heavy atom. The van der Waals surface area contributed by atoms with Gasteiger partial charge in [-0.1, -0.05) is 42.5 Å². The maximum atomic E-state index is 14.3. The Balaban J connectivity index is 1.45. The van der Waals surface area contributed by atoms with Crippen molar-refractivity contribution < 1.29 is 27.8 Å². The van der Waals surface area contributed by atoms with Gasteiger partial charge in [-0.15, -0.1) is 0 Å². The third kappa shape index (κ3) is 4.24.